The number of likely N-dealkylation sites (tertiary alicyclic amines) is 1. The van der Waals surface area contributed by atoms with Crippen LogP contribution in [0.15, 0.2) is 29.3 Å². The second-order valence-electron chi connectivity index (χ2n) is 7.13. The van der Waals surface area contributed by atoms with Crippen LogP contribution in [0.4, 0.5) is 5.69 Å². The molecule has 0 radical (unpaired) electrons. The molecule has 1 unspecified atom stereocenters. The number of carbonyl (C=O) groups excluding carboxylic acids is 1. The van der Waals surface area contributed by atoms with Crippen LogP contribution in [-0.2, 0) is 11.2 Å². The lowest BCUT2D eigenvalue weighted by molar-refractivity contribution is -0.384. The van der Waals surface area contributed by atoms with Gasteiger partial charge in [0.1, 0.15) is 0 Å². The van der Waals surface area contributed by atoms with Crippen molar-refractivity contribution in [3.8, 4) is 0 Å². The van der Waals surface area contributed by atoms with Gasteiger partial charge in [-0.2, -0.15) is 0 Å². The van der Waals surface area contributed by atoms with Crippen molar-refractivity contribution in [3.63, 3.8) is 0 Å². The Balaban J connectivity index is 1.53. The molecule has 2 saturated heterocycles. The number of aliphatic imine (C=N–C) groups is 1. The van der Waals surface area contributed by atoms with E-state index in [0.29, 0.717) is 13.0 Å². The van der Waals surface area contributed by atoms with E-state index in [2.05, 4.69) is 20.5 Å². The van der Waals surface area contributed by atoms with Gasteiger partial charge in [0.05, 0.1) is 4.92 Å². The van der Waals surface area contributed by atoms with Gasteiger partial charge in [-0.1, -0.05) is 12.1 Å². The third-order valence-corrected chi connectivity index (χ3v) is 5.21. The number of nitro benzene ring substituents is 1. The van der Waals surface area contributed by atoms with Crippen molar-refractivity contribution < 1.29 is 9.72 Å². The molecule has 0 aromatic heterocycles. The first-order valence-corrected chi connectivity index (χ1v) is 8.97. The third-order valence-electron chi connectivity index (χ3n) is 5.21. The fourth-order valence-electron chi connectivity index (χ4n) is 3.86. The fourth-order valence-corrected chi connectivity index (χ4v) is 3.86. The largest absolute Gasteiger partial charge is 0.356 e. The number of piperidine rings is 1. The average molecular weight is 359 g/mol. The quantitative estimate of drug-likeness (QED) is 0.365. The molecule has 1 aromatic rings. The molecule has 2 fully saturated rings. The van der Waals surface area contributed by atoms with Crippen molar-refractivity contribution in [2.45, 2.75) is 25.7 Å². The normalized spacial score (nSPS) is 23.2. The summed E-state index contributed by atoms with van der Waals surface area (Å²) < 4.78 is 0. The van der Waals surface area contributed by atoms with Gasteiger partial charge in [-0.05, 0) is 24.8 Å². The molecule has 1 atom stereocenters. The average Bonchev–Trinajstić information content (AvgIpc) is 2.99. The standard InChI is InChI=1S/C18H25N5O3/c1-19-17(20-9-7-14-3-5-15(6-4-14)23(25)26)22-10-2-8-18(13-22)11-16(24)21-12-18/h3-6H,2,7-13H2,1H3,(H,19,20)(H,21,24). The van der Waals surface area contributed by atoms with Crippen LogP contribution in [0.25, 0.3) is 0 Å². The van der Waals surface area contributed by atoms with Crippen LogP contribution in [0.1, 0.15) is 24.8 Å². The summed E-state index contributed by atoms with van der Waals surface area (Å²) in [6.07, 6.45) is 3.49. The Labute approximate surface area is 152 Å². The van der Waals surface area contributed by atoms with E-state index in [1.807, 2.05) is 0 Å². The molecular weight excluding hydrogens is 334 g/mol. The predicted molar refractivity (Wildman–Crippen MR) is 99.0 cm³/mol. The second-order valence-corrected chi connectivity index (χ2v) is 7.13. The Morgan fingerprint density at radius 1 is 1.42 bits per heavy atom. The number of amides is 1. The van der Waals surface area contributed by atoms with Crippen LogP contribution >= 0.6 is 0 Å². The van der Waals surface area contributed by atoms with Crippen LogP contribution in [0.3, 0.4) is 0 Å². The lowest BCUT2D eigenvalue weighted by atomic mass is 9.79. The van der Waals surface area contributed by atoms with E-state index in [4.69, 9.17) is 0 Å². The third kappa shape index (κ3) is 4.12. The minimum absolute atomic E-state index is 0.0331. The molecule has 3 rings (SSSR count). The highest BCUT2D eigenvalue weighted by Gasteiger charge is 2.42. The van der Waals surface area contributed by atoms with Crippen LogP contribution < -0.4 is 10.6 Å². The van der Waals surface area contributed by atoms with Crippen molar-refractivity contribution in [1.29, 1.82) is 0 Å². The molecule has 0 bridgehead atoms. The van der Waals surface area contributed by atoms with E-state index in [1.54, 1.807) is 19.2 Å². The van der Waals surface area contributed by atoms with Crippen LogP contribution in [-0.4, -0.2) is 54.9 Å². The summed E-state index contributed by atoms with van der Waals surface area (Å²) in [6, 6.07) is 6.63. The lowest BCUT2D eigenvalue weighted by Gasteiger charge is -2.40. The van der Waals surface area contributed by atoms with Crippen molar-refractivity contribution in [3.05, 3.63) is 39.9 Å². The summed E-state index contributed by atoms with van der Waals surface area (Å²) in [5, 5.41) is 17.0. The van der Waals surface area contributed by atoms with Gasteiger partial charge in [0.15, 0.2) is 5.96 Å². The molecule has 2 N–H and O–H groups in total. The minimum Gasteiger partial charge on any atom is -0.356 e. The Morgan fingerprint density at radius 3 is 2.81 bits per heavy atom. The van der Waals surface area contributed by atoms with Gasteiger partial charge < -0.3 is 15.5 Å². The van der Waals surface area contributed by atoms with Gasteiger partial charge in [-0.15, -0.1) is 0 Å². The molecule has 2 aliphatic heterocycles. The minimum atomic E-state index is -0.390. The summed E-state index contributed by atoms with van der Waals surface area (Å²) in [7, 11) is 1.77. The Hall–Kier alpha value is -2.64. The monoisotopic (exact) mass is 359 g/mol. The highest BCUT2D eigenvalue weighted by Crippen LogP contribution is 2.35. The number of carbonyl (C=O) groups is 1. The zero-order valence-corrected chi connectivity index (χ0v) is 15.0. The topological polar surface area (TPSA) is 99.9 Å². The van der Waals surface area contributed by atoms with Gasteiger partial charge in [-0.3, -0.25) is 19.9 Å². The molecular formula is C18H25N5O3. The van der Waals surface area contributed by atoms with Crippen molar-refractivity contribution in [2.75, 3.05) is 33.2 Å². The number of guanidine groups is 1. The molecule has 0 saturated carbocycles. The fraction of sp³-hybridized carbons (Fsp3) is 0.556. The molecule has 1 aromatic carbocycles. The number of nitrogens with one attached hydrogen (secondary N) is 2. The SMILES string of the molecule is CN=C(NCCc1ccc([N+](=O)[O-])cc1)N1CCCC2(CNC(=O)C2)C1. The first-order chi connectivity index (χ1) is 12.5. The molecule has 1 amide bonds. The van der Waals surface area contributed by atoms with Gasteiger partial charge >= 0.3 is 0 Å². The van der Waals surface area contributed by atoms with Crippen molar-refractivity contribution in [2.24, 2.45) is 10.4 Å². The zero-order valence-electron chi connectivity index (χ0n) is 15.0. The van der Waals surface area contributed by atoms with E-state index >= 15 is 0 Å². The summed E-state index contributed by atoms with van der Waals surface area (Å²) in [6.45, 7) is 3.23. The Morgan fingerprint density at radius 2 is 2.19 bits per heavy atom. The van der Waals surface area contributed by atoms with Crippen LogP contribution in [0.2, 0.25) is 0 Å². The molecule has 2 heterocycles. The molecule has 26 heavy (non-hydrogen) atoms. The highest BCUT2D eigenvalue weighted by molar-refractivity contribution is 5.81. The van der Waals surface area contributed by atoms with E-state index in [0.717, 1.165) is 50.4 Å². The van der Waals surface area contributed by atoms with E-state index < -0.39 is 4.92 Å². The maximum Gasteiger partial charge on any atom is 0.269 e. The molecule has 8 heteroatoms. The summed E-state index contributed by atoms with van der Waals surface area (Å²) >= 11 is 0. The first kappa shape index (κ1) is 18.2. The number of hydrogen-bond donors (Lipinski definition) is 2. The van der Waals surface area contributed by atoms with Crippen LogP contribution in [0.5, 0.6) is 0 Å². The first-order valence-electron chi connectivity index (χ1n) is 8.97. The molecule has 1 spiro atoms. The van der Waals surface area contributed by atoms with Crippen molar-refractivity contribution >= 4 is 17.6 Å². The maximum absolute atomic E-state index is 11.6. The number of hydrogen-bond acceptors (Lipinski definition) is 4. The molecule has 8 nitrogen and oxygen atoms in total. The van der Waals surface area contributed by atoms with Gasteiger partial charge in [0, 0.05) is 57.2 Å². The van der Waals surface area contributed by atoms with Gasteiger partial charge in [0.2, 0.25) is 5.91 Å². The highest BCUT2D eigenvalue weighted by atomic mass is 16.6. The number of rotatable bonds is 4. The predicted octanol–water partition coefficient (Wildman–Crippen LogP) is 1.31. The second kappa shape index (κ2) is 7.72. The van der Waals surface area contributed by atoms with Crippen LogP contribution in [0, 0.1) is 15.5 Å². The smallest absolute Gasteiger partial charge is 0.269 e. The summed E-state index contributed by atoms with van der Waals surface area (Å²) in [5.74, 6) is 0.998. The van der Waals surface area contributed by atoms with E-state index in [-0.39, 0.29) is 17.0 Å². The number of nitro groups is 1. The molecule has 0 aliphatic carbocycles. The van der Waals surface area contributed by atoms with E-state index in [1.165, 1.54) is 12.1 Å². The summed E-state index contributed by atoms with van der Waals surface area (Å²) in [4.78, 5) is 28.6. The zero-order chi connectivity index (χ0) is 18.6. The van der Waals surface area contributed by atoms with Gasteiger partial charge in [-0.25, -0.2) is 0 Å². The Bertz CT molecular complexity index is 703. The van der Waals surface area contributed by atoms with Crippen molar-refractivity contribution in [1.82, 2.24) is 15.5 Å². The Kier molecular flexibility index (Phi) is 5.39. The maximum atomic E-state index is 11.6. The summed E-state index contributed by atoms with van der Waals surface area (Å²) in [5.41, 5.74) is 1.18. The molecule has 140 valence electrons. The lowest BCUT2D eigenvalue weighted by Crippen LogP contribution is -2.51. The number of non-ortho nitro benzene ring substituents is 1. The molecule has 2 aliphatic rings. The number of nitrogens with zero attached hydrogens (tertiary/aromatic N) is 3. The van der Waals surface area contributed by atoms with E-state index in [9.17, 15) is 14.9 Å². The number of benzene rings is 1. The van der Waals surface area contributed by atoms with Gasteiger partial charge in [0.25, 0.3) is 5.69 Å².